The summed E-state index contributed by atoms with van der Waals surface area (Å²) < 4.78 is 10.7. The van der Waals surface area contributed by atoms with E-state index in [4.69, 9.17) is 37.9 Å². The molecule has 19 heavy (non-hydrogen) atoms. The van der Waals surface area contributed by atoms with Gasteiger partial charge >= 0.3 is 0 Å². The second kappa shape index (κ2) is 5.83. The Labute approximate surface area is 120 Å². The van der Waals surface area contributed by atoms with Crippen LogP contribution < -0.4 is 9.47 Å². The molecule has 0 unspecified atom stereocenters. The van der Waals surface area contributed by atoms with Crippen molar-refractivity contribution in [1.29, 1.82) is 5.26 Å². The second-order valence-corrected chi connectivity index (χ2v) is 4.55. The number of benzene rings is 2. The first-order valence-corrected chi connectivity index (χ1v) is 6.10. The Morgan fingerprint density at radius 3 is 2.26 bits per heavy atom. The van der Waals surface area contributed by atoms with Gasteiger partial charge < -0.3 is 9.47 Å². The predicted molar refractivity (Wildman–Crippen MR) is 74.2 cm³/mol. The molecule has 0 aliphatic rings. The molecule has 2 aromatic carbocycles. The van der Waals surface area contributed by atoms with Crippen LogP contribution in [0.5, 0.6) is 17.2 Å². The smallest absolute Gasteiger partial charge is 0.148 e. The summed E-state index contributed by atoms with van der Waals surface area (Å²) in [6.07, 6.45) is 0. The highest BCUT2D eigenvalue weighted by Gasteiger charge is 2.08. The Morgan fingerprint density at radius 2 is 1.68 bits per heavy atom. The molecule has 0 saturated heterocycles. The number of methoxy groups -OCH3 is 1. The van der Waals surface area contributed by atoms with Crippen molar-refractivity contribution in [3.05, 3.63) is 52.0 Å². The lowest BCUT2D eigenvalue weighted by Gasteiger charge is -2.09. The van der Waals surface area contributed by atoms with Gasteiger partial charge in [0, 0.05) is 16.1 Å². The standard InChI is InChI=1S/C14H9Cl2NO2/c1-18-12-3-2-9(8-17)14(7-12)19-13-5-10(15)4-11(16)6-13/h2-7H,1H3. The fourth-order valence-electron chi connectivity index (χ4n) is 1.52. The summed E-state index contributed by atoms with van der Waals surface area (Å²) in [5.74, 6) is 1.45. The lowest BCUT2D eigenvalue weighted by atomic mass is 10.2. The van der Waals surface area contributed by atoms with Crippen molar-refractivity contribution < 1.29 is 9.47 Å². The summed E-state index contributed by atoms with van der Waals surface area (Å²) >= 11 is 11.8. The van der Waals surface area contributed by atoms with Crippen LogP contribution in [0.3, 0.4) is 0 Å². The average molecular weight is 294 g/mol. The highest BCUT2D eigenvalue weighted by molar-refractivity contribution is 6.34. The molecule has 0 radical (unpaired) electrons. The second-order valence-electron chi connectivity index (χ2n) is 3.68. The fraction of sp³-hybridized carbons (Fsp3) is 0.0714. The van der Waals surface area contributed by atoms with Crippen molar-refractivity contribution in [2.45, 2.75) is 0 Å². The zero-order valence-corrected chi connectivity index (χ0v) is 11.5. The third kappa shape index (κ3) is 3.31. The van der Waals surface area contributed by atoms with Crippen LogP contribution in [0.2, 0.25) is 10.0 Å². The van der Waals surface area contributed by atoms with Gasteiger partial charge in [0.1, 0.15) is 23.3 Å². The van der Waals surface area contributed by atoms with E-state index in [9.17, 15) is 0 Å². The van der Waals surface area contributed by atoms with Gasteiger partial charge in [-0.05, 0) is 30.3 Å². The van der Waals surface area contributed by atoms with Crippen molar-refractivity contribution in [2.75, 3.05) is 7.11 Å². The molecule has 0 aliphatic carbocycles. The molecule has 0 aromatic heterocycles. The Balaban J connectivity index is 2.39. The Kier molecular flexibility index (Phi) is 4.16. The largest absolute Gasteiger partial charge is 0.497 e. The normalized spacial score (nSPS) is 9.79. The van der Waals surface area contributed by atoms with Gasteiger partial charge in [-0.25, -0.2) is 0 Å². The van der Waals surface area contributed by atoms with Crippen molar-refractivity contribution in [1.82, 2.24) is 0 Å². The minimum absolute atomic E-state index is 0.389. The van der Waals surface area contributed by atoms with Crippen molar-refractivity contribution in [3.8, 4) is 23.3 Å². The maximum Gasteiger partial charge on any atom is 0.148 e. The third-order valence-corrected chi connectivity index (χ3v) is 2.81. The molecule has 0 saturated carbocycles. The number of nitrogens with zero attached hydrogens (tertiary/aromatic N) is 1. The first-order valence-electron chi connectivity index (χ1n) is 5.34. The highest BCUT2D eigenvalue weighted by Crippen LogP contribution is 2.32. The van der Waals surface area contributed by atoms with Gasteiger partial charge in [0.05, 0.1) is 12.7 Å². The number of hydrogen-bond acceptors (Lipinski definition) is 3. The highest BCUT2D eigenvalue weighted by atomic mass is 35.5. The van der Waals surface area contributed by atoms with Crippen LogP contribution in [-0.2, 0) is 0 Å². The van der Waals surface area contributed by atoms with Crippen LogP contribution in [-0.4, -0.2) is 7.11 Å². The quantitative estimate of drug-likeness (QED) is 0.826. The van der Waals surface area contributed by atoms with Crippen LogP contribution in [0.15, 0.2) is 36.4 Å². The maximum atomic E-state index is 9.05. The molecule has 0 aliphatic heterocycles. The van der Waals surface area contributed by atoms with Gasteiger partial charge in [0.2, 0.25) is 0 Å². The molecule has 0 N–H and O–H groups in total. The molecule has 0 amide bonds. The topological polar surface area (TPSA) is 42.2 Å². The molecule has 0 heterocycles. The summed E-state index contributed by atoms with van der Waals surface area (Å²) in [5.41, 5.74) is 0.400. The fourth-order valence-corrected chi connectivity index (χ4v) is 2.03. The Hall–Kier alpha value is -1.89. The summed E-state index contributed by atoms with van der Waals surface area (Å²) in [6, 6.07) is 11.8. The van der Waals surface area contributed by atoms with Crippen LogP contribution >= 0.6 is 23.2 Å². The van der Waals surface area contributed by atoms with E-state index < -0.39 is 0 Å². The monoisotopic (exact) mass is 293 g/mol. The molecule has 2 rings (SSSR count). The van der Waals surface area contributed by atoms with Crippen LogP contribution in [0.4, 0.5) is 0 Å². The summed E-state index contributed by atoms with van der Waals surface area (Å²) in [7, 11) is 1.54. The van der Waals surface area contributed by atoms with E-state index in [1.807, 2.05) is 6.07 Å². The van der Waals surface area contributed by atoms with Crippen LogP contribution in [0, 0.1) is 11.3 Å². The number of ether oxygens (including phenoxy) is 2. The molecule has 96 valence electrons. The van der Waals surface area contributed by atoms with E-state index in [1.54, 1.807) is 43.5 Å². The van der Waals surface area contributed by atoms with Crippen LogP contribution in [0.25, 0.3) is 0 Å². The predicted octanol–water partition coefficient (Wildman–Crippen LogP) is 4.67. The Morgan fingerprint density at radius 1 is 1.00 bits per heavy atom. The molecule has 0 spiro atoms. The number of halogens is 2. The third-order valence-electron chi connectivity index (χ3n) is 2.37. The molecule has 0 fully saturated rings. The number of hydrogen-bond donors (Lipinski definition) is 0. The number of nitriles is 1. The van der Waals surface area contributed by atoms with Gasteiger partial charge in [0.15, 0.2) is 0 Å². The van der Waals surface area contributed by atoms with E-state index in [0.717, 1.165) is 0 Å². The summed E-state index contributed by atoms with van der Waals surface area (Å²) in [5, 5.41) is 9.97. The minimum atomic E-state index is 0.389. The molecule has 5 heteroatoms. The van der Waals surface area contributed by atoms with Gasteiger partial charge in [-0.3, -0.25) is 0 Å². The molecule has 0 bridgehead atoms. The summed E-state index contributed by atoms with van der Waals surface area (Å²) in [6.45, 7) is 0. The van der Waals surface area contributed by atoms with E-state index in [1.165, 1.54) is 0 Å². The lowest BCUT2D eigenvalue weighted by Crippen LogP contribution is -1.90. The van der Waals surface area contributed by atoms with E-state index in [0.29, 0.717) is 32.9 Å². The van der Waals surface area contributed by atoms with Crippen molar-refractivity contribution in [2.24, 2.45) is 0 Å². The van der Waals surface area contributed by atoms with Gasteiger partial charge in [-0.2, -0.15) is 5.26 Å². The average Bonchev–Trinajstić information content (AvgIpc) is 2.37. The van der Waals surface area contributed by atoms with Gasteiger partial charge in [-0.15, -0.1) is 0 Å². The molecular formula is C14H9Cl2NO2. The van der Waals surface area contributed by atoms with E-state index >= 15 is 0 Å². The van der Waals surface area contributed by atoms with Crippen molar-refractivity contribution >= 4 is 23.2 Å². The zero-order chi connectivity index (χ0) is 13.8. The first kappa shape index (κ1) is 13.5. The lowest BCUT2D eigenvalue weighted by molar-refractivity contribution is 0.409. The Bertz CT molecular complexity index is 630. The van der Waals surface area contributed by atoms with Crippen LogP contribution in [0.1, 0.15) is 5.56 Å². The molecular weight excluding hydrogens is 285 g/mol. The first-order chi connectivity index (χ1) is 9.12. The van der Waals surface area contributed by atoms with Gasteiger partial charge in [0.25, 0.3) is 0 Å². The zero-order valence-electron chi connectivity index (χ0n) is 9.98. The SMILES string of the molecule is COc1ccc(C#N)c(Oc2cc(Cl)cc(Cl)c2)c1. The maximum absolute atomic E-state index is 9.05. The van der Waals surface area contributed by atoms with E-state index in [-0.39, 0.29) is 0 Å². The van der Waals surface area contributed by atoms with Crippen molar-refractivity contribution in [3.63, 3.8) is 0 Å². The molecule has 3 nitrogen and oxygen atoms in total. The van der Waals surface area contributed by atoms with Gasteiger partial charge in [-0.1, -0.05) is 23.2 Å². The minimum Gasteiger partial charge on any atom is -0.497 e. The summed E-state index contributed by atoms with van der Waals surface area (Å²) in [4.78, 5) is 0. The number of rotatable bonds is 3. The molecule has 0 atom stereocenters. The molecule has 2 aromatic rings. The van der Waals surface area contributed by atoms with E-state index in [2.05, 4.69) is 0 Å².